The van der Waals surface area contributed by atoms with Crippen LogP contribution in [0.3, 0.4) is 0 Å². The molecular weight excluding hydrogens is 468 g/mol. The van der Waals surface area contributed by atoms with Crippen molar-refractivity contribution in [1.29, 1.82) is 5.26 Å². The van der Waals surface area contributed by atoms with Crippen LogP contribution in [-0.4, -0.2) is 35.3 Å². The van der Waals surface area contributed by atoms with Crippen molar-refractivity contribution < 1.29 is 13.2 Å². The van der Waals surface area contributed by atoms with Crippen molar-refractivity contribution >= 4 is 49.8 Å². The van der Waals surface area contributed by atoms with Gasteiger partial charge in [-0.2, -0.15) is 5.26 Å². The smallest absolute Gasteiger partial charge is 0.263 e. The van der Waals surface area contributed by atoms with Crippen LogP contribution in [0.5, 0.6) is 0 Å². The topological polar surface area (TPSA) is 138 Å². The lowest BCUT2D eigenvalue weighted by atomic mass is 10.1. The number of amides is 1. The molecule has 0 saturated carbocycles. The van der Waals surface area contributed by atoms with E-state index in [1.807, 2.05) is 19.9 Å². The molecule has 2 N–H and O–H groups in total. The second-order valence-corrected chi connectivity index (χ2v) is 10.7. The second kappa shape index (κ2) is 10.1. The first-order valence-corrected chi connectivity index (χ1v) is 12.7. The zero-order chi connectivity index (χ0) is 23.3. The zero-order valence-electron chi connectivity index (χ0n) is 17.5. The molecule has 12 heteroatoms. The number of hydrogen-bond donors (Lipinski definition) is 2. The Morgan fingerprint density at radius 3 is 2.53 bits per heavy atom. The van der Waals surface area contributed by atoms with E-state index in [4.69, 9.17) is 0 Å². The third-order valence-electron chi connectivity index (χ3n) is 4.19. The van der Waals surface area contributed by atoms with Crippen molar-refractivity contribution in [3.8, 4) is 6.07 Å². The molecule has 0 spiro atoms. The van der Waals surface area contributed by atoms with E-state index in [2.05, 4.69) is 31.3 Å². The highest BCUT2D eigenvalue weighted by atomic mass is 32.2. The number of anilines is 2. The minimum Gasteiger partial charge on any atom is -0.326 e. The van der Waals surface area contributed by atoms with Gasteiger partial charge in [0.25, 0.3) is 10.0 Å². The first-order chi connectivity index (χ1) is 15.2. The highest BCUT2D eigenvalue weighted by Gasteiger charge is 2.17. The predicted molar refractivity (Wildman–Crippen MR) is 124 cm³/mol. The lowest BCUT2D eigenvalue weighted by molar-refractivity contribution is -0.115. The number of nitrogens with one attached hydrogen (secondary N) is 2. The zero-order valence-corrected chi connectivity index (χ0v) is 20.0. The number of thioether (sulfide) groups is 1. The van der Waals surface area contributed by atoms with E-state index in [-0.39, 0.29) is 22.4 Å². The summed E-state index contributed by atoms with van der Waals surface area (Å²) in [5.41, 5.74) is 2.68. The van der Waals surface area contributed by atoms with Gasteiger partial charge in [0, 0.05) is 23.6 Å². The average molecular weight is 489 g/mol. The summed E-state index contributed by atoms with van der Waals surface area (Å²) in [4.78, 5) is 16.7. The number of nitriles is 1. The van der Waals surface area contributed by atoms with Gasteiger partial charge in [-0.15, -0.1) is 22.0 Å². The Hall–Kier alpha value is -3.01. The maximum Gasteiger partial charge on any atom is 0.263 e. The van der Waals surface area contributed by atoms with Crippen LogP contribution in [0.15, 0.2) is 40.3 Å². The molecule has 32 heavy (non-hydrogen) atoms. The molecule has 0 bridgehead atoms. The third kappa shape index (κ3) is 6.03. The molecular formula is C20H20N6O3S3. The minimum absolute atomic E-state index is 0.0452. The monoisotopic (exact) mass is 488 g/mol. The first kappa shape index (κ1) is 23.6. The van der Waals surface area contributed by atoms with Crippen molar-refractivity contribution in [3.05, 3.63) is 52.2 Å². The van der Waals surface area contributed by atoms with E-state index >= 15 is 0 Å². The summed E-state index contributed by atoms with van der Waals surface area (Å²) in [5, 5.41) is 21.0. The molecule has 0 unspecified atom stereocenters. The van der Waals surface area contributed by atoms with E-state index in [1.54, 1.807) is 6.92 Å². The molecule has 1 amide bonds. The van der Waals surface area contributed by atoms with E-state index in [0.717, 1.165) is 22.6 Å². The summed E-state index contributed by atoms with van der Waals surface area (Å²) in [6, 6.07) is 9.85. The number of benzene rings is 1. The van der Waals surface area contributed by atoms with Gasteiger partial charge in [0.2, 0.25) is 11.0 Å². The second-order valence-electron chi connectivity index (χ2n) is 6.78. The Labute approximate surface area is 194 Å². The molecule has 3 aromatic rings. The van der Waals surface area contributed by atoms with E-state index < -0.39 is 10.0 Å². The minimum atomic E-state index is -3.80. The molecule has 2 heterocycles. The summed E-state index contributed by atoms with van der Waals surface area (Å²) in [5.74, 6) is 0.229. The van der Waals surface area contributed by atoms with Gasteiger partial charge in [0.05, 0.1) is 10.5 Å². The molecule has 0 atom stereocenters. The largest absolute Gasteiger partial charge is 0.326 e. The van der Waals surface area contributed by atoms with Gasteiger partial charge >= 0.3 is 0 Å². The van der Waals surface area contributed by atoms with Crippen LogP contribution in [0.1, 0.15) is 28.2 Å². The summed E-state index contributed by atoms with van der Waals surface area (Å²) in [6.45, 7) is 5.45. The lowest BCUT2D eigenvalue weighted by Crippen LogP contribution is -2.14. The molecule has 3 rings (SSSR count). The Bertz CT molecular complexity index is 1280. The molecule has 0 saturated heterocycles. The van der Waals surface area contributed by atoms with Crippen LogP contribution in [0.25, 0.3) is 0 Å². The molecule has 0 radical (unpaired) electrons. The van der Waals surface area contributed by atoms with Gasteiger partial charge in [-0.3, -0.25) is 9.52 Å². The fraction of sp³-hybridized carbons (Fsp3) is 0.250. The molecule has 0 aliphatic carbocycles. The summed E-state index contributed by atoms with van der Waals surface area (Å²) < 4.78 is 27.2. The van der Waals surface area contributed by atoms with Gasteiger partial charge in [-0.1, -0.05) is 11.3 Å². The van der Waals surface area contributed by atoms with E-state index in [1.165, 1.54) is 36.0 Å². The number of rotatable bonds is 8. The number of sulfonamides is 1. The SMILES string of the molecule is Cc1cc(C)c(C#N)c(SCCC(=O)Nc2ccc(S(=O)(=O)Nc3nnc(C)s3)cc2)n1. The molecule has 0 aliphatic heterocycles. The number of aromatic nitrogens is 3. The average Bonchev–Trinajstić information content (AvgIpc) is 3.12. The number of carbonyl (C=O) groups is 1. The highest BCUT2D eigenvalue weighted by molar-refractivity contribution is 7.99. The Kier molecular flexibility index (Phi) is 7.44. The maximum absolute atomic E-state index is 12.4. The third-order valence-corrected chi connectivity index (χ3v) is 7.40. The van der Waals surface area contributed by atoms with Gasteiger partial charge < -0.3 is 5.32 Å². The number of nitrogens with zero attached hydrogens (tertiary/aromatic N) is 4. The van der Waals surface area contributed by atoms with Crippen molar-refractivity contribution in [2.24, 2.45) is 0 Å². The van der Waals surface area contributed by atoms with E-state index in [9.17, 15) is 18.5 Å². The molecule has 9 nitrogen and oxygen atoms in total. The van der Waals surface area contributed by atoms with Crippen molar-refractivity contribution in [2.75, 3.05) is 15.8 Å². The fourth-order valence-corrected chi connectivity index (χ4v) is 5.60. The molecule has 0 aliphatic rings. The summed E-state index contributed by atoms with van der Waals surface area (Å²) >= 11 is 2.49. The van der Waals surface area contributed by atoms with Crippen LogP contribution in [0, 0.1) is 32.1 Å². The van der Waals surface area contributed by atoms with Gasteiger partial charge in [-0.25, -0.2) is 13.4 Å². The number of hydrogen-bond acceptors (Lipinski definition) is 9. The molecule has 0 fully saturated rings. The number of aryl methyl sites for hydroxylation is 3. The number of carbonyl (C=O) groups excluding carboxylic acids is 1. The highest BCUT2D eigenvalue weighted by Crippen LogP contribution is 2.24. The van der Waals surface area contributed by atoms with Gasteiger partial charge in [-0.05, 0) is 56.7 Å². The molecule has 2 aromatic heterocycles. The summed E-state index contributed by atoms with van der Waals surface area (Å²) in [6.07, 6.45) is 0.211. The number of pyridine rings is 1. The van der Waals surface area contributed by atoms with Crippen molar-refractivity contribution in [2.45, 2.75) is 37.1 Å². The van der Waals surface area contributed by atoms with Crippen molar-refractivity contribution in [3.63, 3.8) is 0 Å². The Morgan fingerprint density at radius 1 is 1.19 bits per heavy atom. The van der Waals surface area contributed by atoms with Crippen LogP contribution < -0.4 is 10.0 Å². The Balaban J connectivity index is 1.55. The fourth-order valence-electron chi connectivity index (χ4n) is 2.74. The summed E-state index contributed by atoms with van der Waals surface area (Å²) in [7, 11) is -3.80. The predicted octanol–water partition coefficient (Wildman–Crippen LogP) is 3.65. The molecule has 1 aromatic carbocycles. The van der Waals surface area contributed by atoms with Crippen LogP contribution in [-0.2, 0) is 14.8 Å². The molecule has 166 valence electrons. The van der Waals surface area contributed by atoms with Crippen LogP contribution in [0.2, 0.25) is 0 Å². The van der Waals surface area contributed by atoms with Gasteiger partial charge in [0.15, 0.2) is 0 Å². The normalized spacial score (nSPS) is 11.1. The standard InChI is InChI=1S/C20H20N6O3S3/c1-12-10-13(2)22-19(17(12)11-21)30-9-8-18(27)23-15-4-6-16(7-5-15)32(28,29)26-20-25-24-14(3)31-20/h4-7,10H,8-9H2,1-3H3,(H,23,27)(H,25,26). The quantitative estimate of drug-likeness (QED) is 0.458. The van der Waals surface area contributed by atoms with Gasteiger partial charge in [0.1, 0.15) is 16.1 Å². The van der Waals surface area contributed by atoms with Crippen LogP contribution >= 0.6 is 23.1 Å². The lowest BCUT2D eigenvalue weighted by Gasteiger charge is -2.09. The maximum atomic E-state index is 12.4. The van der Waals surface area contributed by atoms with Crippen molar-refractivity contribution in [1.82, 2.24) is 15.2 Å². The van der Waals surface area contributed by atoms with Crippen LogP contribution in [0.4, 0.5) is 10.8 Å². The van der Waals surface area contributed by atoms with E-state index in [0.29, 0.717) is 27.0 Å². The first-order valence-electron chi connectivity index (χ1n) is 9.42. The Morgan fingerprint density at radius 2 is 1.91 bits per heavy atom.